The molecule has 0 bridgehead atoms. The normalized spacial score (nSPS) is 20.7. The molecular formula is C14H20ClN3O3. The van der Waals surface area contributed by atoms with Crippen molar-refractivity contribution >= 4 is 29.9 Å². The van der Waals surface area contributed by atoms with Gasteiger partial charge >= 0.3 is 0 Å². The van der Waals surface area contributed by atoms with E-state index >= 15 is 0 Å². The summed E-state index contributed by atoms with van der Waals surface area (Å²) in [5, 5.41) is 2.78. The fourth-order valence-electron chi connectivity index (χ4n) is 2.31. The minimum absolute atomic E-state index is 0. The Kier molecular flexibility index (Phi) is 6.14. The highest BCUT2D eigenvalue weighted by atomic mass is 35.5. The van der Waals surface area contributed by atoms with E-state index in [-0.39, 0.29) is 24.4 Å². The number of nitrogens with one attached hydrogen (secondary N) is 1. The van der Waals surface area contributed by atoms with Crippen LogP contribution >= 0.6 is 12.4 Å². The van der Waals surface area contributed by atoms with E-state index in [0.29, 0.717) is 24.2 Å². The third-order valence-electron chi connectivity index (χ3n) is 3.42. The lowest BCUT2D eigenvalue weighted by Gasteiger charge is -2.13. The fourth-order valence-corrected chi connectivity index (χ4v) is 2.31. The molecular weight excluding hydrogens is 294 g/mol. The van der Waals surface area contributed by atoms with Gasteiger partial charge in [-0.25, -0.2) is 0 Å². The van der Waals surface area contributed by atoms with Gasteiger partial charge in [0.2, 0.25) is 5.91 Å². The fraction of sp³-hybridized carbons (Fsp3) is 0.429. The number of amides is 2. The van der Waals surface area contributed by atoms with Gasteiger partial charge in [0, 0.05) is 17.8 Å². The van der Waals surface area contributed by atoms with E-state index < -0.39 is 12.0 Å². The number of aryl methyl sites for hydroxylation is 1. The molecule has 21 heavy (non-hydrogen) atoms. The minimum atomic E-state index is -0.481. The van der Waals surface area contributed by atoms with Crippen molar-refractivity contribution in [1.29, 1.82) is 0 Å². The second-order valence-electron chi connectivity index (χ2n) is 4.94. The summed E-state index contributed by atoms with van der Waals surface area (Å²) in [4.78, 5) is 23.2. The van der Waals surface area contributed by atoms with Gasteiger partial charge in [0.25, 0.3) is 5.91 Å². The first-order valence-corrected chi connectivity index (χ1v) is 6.58. The largest absolute Gasteiger partial charge is 0.366 e. The second kappa shape index (κ2) is 7.40. The molecule has 1 fully saturated rings. The van der Waals surface area contributed by atoms with Gasteiger partial charge in [0.15, 0.2) is 0 Å². The quantitative estimate of drug-likeness (QED) is 0.769. The number of nitrogens with two attached hydrogens (primary N) is 2. The van der Waals surface area contributed by atoms with E-state index in [2.05, 4.69) is 5.32 Å². The molecule has 0 aliphatic carbocycles. The summed E-state index contributed by atoms with van der Waals surface area (Å²) in [5.74, 6) is -0.669. The predicted molar refractivity (Wildman–Crippen MR) is 82.5 cm³/mol. The van der Waals surface area contributed by atoms with Crippen LogP contribution in [0.4, 0.5) is 5.69 Å². The smallest absolute Gasteiger partial charge is 0.253 e. The summed E-state index contributed by atoms with van der Waals surface area (Å²) in [5.41, 5.74) is 12.5. The van der Waals surface area contributed by atoms with Crippen LogP contribution in [0.15, 0.2) is 18.2 Å². The summed E-state index contributed by atoms with van der Waals surface area (Å²) >= 11 is 0. The topological polar surface area (TPSA) is 107 Å². The lowest BCUT2D eigenvalue weighted by atomic mass is 10.1. The van der Waals surface area contributed by atoms with Gasteiger partial charge in [-0.1, -0.05) is 0 Å². The molecule has 6 nitrogen and oxygen atoms in total. The zero-order valence-electron chi connectivity index (χ0n) is 11.8. The van der Waals surface area contributed by atoms with E-state index in [1.54, 1.807) is 25.1 Å². The van der Waals surface area contributed by atoms with Gasteiger partial charge in [-0.2, -0.15) is 0 Å². The van der Waals surface area contributed by atoms with Crippen LogP contribution in [0.3, 0.4) is 0 Å². The van der Waals surface area contributed by atoms with Crippen LogP contribution in [0.5, 0.6) is 0 Å². The van der Waals surface area contributed by atoms with Crippen molar-refractivity contribution in [2.45, 2.75) is 32.0 Å². The average Bonchev–Trinajstić information content (AvgIpc) is 2.87. The van der Waals surface area contributed by atoms with Crippen LogP contribution in [0.25, 0.3) is 0 Å². The molecule has 2 atom stereocenters. The van der Waals surface area contributed by atoms with Gasteiger partial charge in [-0.05, 0) is 43.5 Å². The first kappa shape index (κ1) is 17.4. The van der Waals surface area contributed by atoms with Crippen LogP contribution in [0.1, 0.15) is 28.8 Å². The molecule has 1 aromatic carbocycles. The van der Waals surface area contributed by atoms with Gasteiger partial charge in [0.05, 0.1) is 6.10 Å². The van der Waals surface area contributed by atoms with Crippen molar-refractivity contribution in [2.75, 3.05) is 11.9 Å². The van der Waals surface area contributed by atoms with Crippen LogP contribution in [0.2, 0.25) is 0 Å². The molecule has 1 aliphatic heterocycles. The Morgan fingerprint density at radius 2 is 2.10 bits per heavy atom. The van der Waals surface area contributed by atoms with E-state index in [1.807, 2.05) is 0 Å². The number of benzene rings is 1. The van der Waals surface area contributed by atoms with Crippen molar-refractivity contribution in [1.82, 2.24) is 0 Å². The van der Waals surface area contributed by atoms with E-state index in [0.717, 1.165) is 12.0 Å². The highest BCUT2D eigenvalue weighted by Crippen LogP contribution is 2.21. The summed E-state index contributed by atoms with van der Waals surface area (Å²) in [6.07, 6.45) is 0.977. The first-order valence-electron chi connectivity index (χ1n) is 6.58. The Morgan fingerprint density at radius 3 is 2.62 bits per heavy atom. The zero-order valence-corrected chi connectivity index (χ0v) is 12.6. The number of halogens is 1. The van der Waals surface area contributed by atoms with Crippen molar-refractivity contribution in [3.63, 3.8) is 0 Å². The number of ether oxygens (including phenoxy) is 1. The van der Waals surface area contributed by atoms with Gasteiger partial charge in [0.1, 0.15) is 6.10 Å². The Labute approximate surface area is 129 Å². The Bertz CT molecular complexity index is 536. The molecule has 5 N–H and O–H groups in total. The average molecular weight is 314 g/mol. The number of primary amides is 1. The number of carbonyl (C=O) groups is 2. The molecule has 116 valence electrons. The van der Waals surface area contributed by atoms with Crippen molar-refractivity contribution < 1.29 is 14.3 Å². The molecule has 7 heteroatoms. The molecule has 1 aromatic rings. The van der Waals surface area contributed by atoms with E-state index in [9.17, 15) is 9.59 Å². The second-order valence-corrected chi connectivity index (χ2v) is 4.94. The van der Waals surface area contributed by atoms with Gasteiger partial charge < -0.3 is 21.5 Å². The third-order valence-corrected chi connectivity index (χ3v) is 3.42. The maximum atomic E-state index is 12.0. The zero-order chi connectivity index (χ0) is 14.7. The summed E-state index contributed by atoms with van der Waals surface area (Å²) in [6.45, 7) is 2.20. The van der Waals surface area contributed by atoms with Crippen molar-refractivity contribution in [3.05, 3.63) is 29.3 Å². The molecule has 0 radical (unpaired) electrons. The van der Waals surface area contributed by atoms with E-state index in [1.165, 1.54) is 0 Å². The monoisotopic (exact) mass is 313 g/mol. The Hall–Kier alpha value is -1.63. The Morgan fingerprint density at radius 1 is 1.38 bits per heavy atom. The Balaban J connectivity index is 0.00000220. The summed E-state index contributed by atoms with van der Waals surface area (Å²) in [6, 6.07) is 4.97. The van der Waals surface area contributed by atoms with Crippen molar-refractivity contribution in [2.24, 2.45) is 11.5 Å². The number of hydrogen-bond acceptors (Lipinski definition) is 4. The highest BCUT2D eigenvalue weighted by molar-refractivity contribution is 5.97. The number of hydrogen-bond donors (Lipinski definition) is 3. The molecule has 2 rings (SSSR count). The molecule has 2 amide bonds. The predicted octanol–water partition coefficient (Wildman–Crippen LogP) is 0.961. The van der Waals surface area contributed by atoms with Crippen LogP contribution in [-0.4, -0.2) is 30.6 Å². The number of rotatable bonds is 4. The maximum absolute atomic E-state index is 12.0. The lowest BCUT2D eigenvalue weighted by molar-refractivity contribution is -0.126. The number of anilines is 1. The molecule has 0 saturated carbocycles. The van der Waals surface area contributed by atoms with Gasteiger partial charge in [-0.15, -0.1) is 12.4 Å². The minimum Gasteiger partial charge on any atom is -0.366 e. The van der Waals surface area contributed by atoms with Crippen LogP contribution < -0.4 is 16.8 Å². The molecule has 0 spiro atoms. The van der Waals surface area contributed by atoms with E-state index in [4.69, 9.17) is 16.2 Å². The first-order chi connectivity index (χ1) is 9.51. The lowest BCUT2D eigenvalue weighted by Crippen LogP contribution is -2.29. The highest BCUT2D eigenvalue weighted by Gasteiger charge is 2.29. The maximum Gasteiger partial charge on any atom is 0.253 e. The molecule has 0 aromatic heterocycles. The van der Waals surface area contributed by atoms with Crippen molar-refractivity contribution in [3.8, 4) is 0 Å². The van der Waals surface area contributed by atoms with Crippen LogP contribution in [0, 0.1) is 6.92 Å². The standard InChI is InChI=1S/C14H19N3O3.ClH/c1-8-6-9(2-4-11(8)13(16)18)17-14(19)12-5-3-10(7-15)20-12;/h2,4,6,10,12H,3,5,7,15H2,1H3,(H2,16,18)(H,17,19);1H/t10-,12+;/m1./s1. The summed E-state index contributed by atoms with van der Waals surface area (Å²) < 4.78 is 5.53. The van der Waals surface area contributed by atoms with Gasteiger partial charge in [-0.3, -0.25) is 9.59 Å². The van der Waals surface area contributed by atoms with Crippen LogP contribution in [-0.2, 0) is 9.53 Å². The molecule has 1 heterocycles. The summed E-state index contributed by atoms with van der Waals surface area (Å²) in [7, 11) is 0. The molecule has 1 saturated heterocycles. The molecule has 0 unspecified atom stereocenters. The number of carbonyl (C=O) groups excluding carboxylic acids is 2. The SMILES string of the molecule is Cc1cc(NC(=O)[C@@H]2CC[C@H](CN)O2)ccc1C(N)=O.Cl. The third kappa shape index (κ3) is 4.17. The molecule has 1 aliphatic rings.